The van der Waals surface area contributed by atoms with Crippen LogP contribution in [-0.2, 0) is 6.42 Å². The maximum Gasteiger partial charge on any atom is 0.267 e. The quantitative estimate of drug-likeness (QED) is 0.567. The van der Waals surface area contributed by atoms with Crippen molar-refractivity contribution in [1.29, 1.82) is 0 Å². The first-order valence-electron chi connectivity index (χ1n) is 8.57. The maximum absolute atomic E-state index is 11.4. The summed E-state index contributed by atoms with van der Waals surface area (Å²) < 4.78 is 1.69. The lowest BCUT2D eigenvalue weighted by molar-refractivity contribution is 0.0995. The molecule has 4 aromatic rings. The Morgan fingerprint density at radius 1 is 1.04 bits per heavy atom. The lowest BCUT2D eigenvalue weighted by Gasteiger charge is -2.07. The number of pyridine rings is 2. The standard InChI is InChI=1S/C20H18N6O/c21-10-9-15-3-1-4-16(24-15)13-7-8-14-12-23-26(18(14)11-13)19-6-2-5-17(25-19)20(22)27/h1-8,11-12H,9-10,21H2,(H2,22,27). The number of hydrogen-bond donors (Lipinski definition) is 2. The molecule has 0 aliphatic carbocycles. The third-order valence-electron chi connectivity index (χ3n) is 4.28. The zero-order chi connectivity index (χ0) is 18.8. The highest BCUT2D eigenvalue weighted by atomic mass is 16.1. The van der Waals surface area contributed by atoms with Gasteiger partial charge in [0.25, 0.3) is 5.91 Å². The summed E-state index contributed by atoms with van der Waals surface area (Å²) in [6.45, 7) is 0.560. The number of aromatic nitrogens is 4. The minimum absolute atomic E-state index is 0.198. The van der Waals surface area contributed by atoms with Crippen LogP contribution in [-0.4, -0.2) is 32.2 Å². The second kappa shape index (κ2) is 6.97. The van der Waals surface area contributed by atoms with Gasteiger partial charge < -0.3 is 11.5 Å². The number of amides is 1. The van der Waals surface area contributed by atoms with Gasteiger partial charge in [-0.25, -0.2) is 9.67 Å². The Kier molecular flexibility index (Phi) is 4.35. The van der Waals surface area contributed by atoms with E-state index in [1.807, 2.05) is 36.4 Å². The van der Waals surface area contributed by atoms with Crippen LogP contribution in [0, 0.1) is 0 Å². The molecule has 0 unspecified atom stereocenters. The van der Waals surface area contributed by atoms with Gasteiger partial charge in [-0.1, -0.05) is 24.3 Å². The molecule has 0 atom stereocenters. The van der Waals surface area contributed by atoms with Crippen molar-refractivity contribution in [1.82, 2.24) is 19.7 Å². The Morgan fingerprint density at radius 2 is 1.89 bits per heavy atom. The molecule has 0 fully saturated rings. The molecule has 0 radical (unpaired) electrons. The van der Waals surface area contributed by atoms with Gasteiger partial charge in [-0.3, -0.25) is 9.78 Å². The Morgan fingerprint density at radius 3 is 2.70 bits per heavy atom. The van der Waals surface area contributed by atoms with Crippen molar-refractivity contribution in [2.24, 2.45) is 11.5 Å². The zero-order valence-electron chi connectivity index (χ0n) is 14.5. The fraction of sp³-hybridized carbons (Fsp3) is 0.100. The highest BCUT2D eigenvalue weighted by Crippen LogP contribution is 2.25. The Hall–Kier alpha value is -3.58. The van der Waals surface area contributed by atoms with Gasteiger partial charge in [-0.15, -0.1) is 0 Å². The van der Waals surface area contributed by atoms with E-state index in [1.54, 1.807) is 29.1 Å². The summed E-state index contributed by atoms with van der Waals surface area (Å²) in [5.41, 5.74) is 14.8. The molecule has 1 amide bonds. The van der Waals surface area contributed by atoms with Gasteiger partial charge in [0.15, 0.2) is 5.82 Å². The van der Waals surface area contributed by atoms with Crippen molar-refractivity contribution in [3.8, 4) is 17.1 Å². The van der Waals surface area contributed by atoms with E-state index in [2.05, 4.69) is 15.1 Å². The molecular formula is C20H18N6O. The van der Waals surface area contributed by atoms with Crippen molar-refractivity contribution in [2.75, 3.05) is 6.54 Å². The van der Waals surface area contributed by atoms with Gasteiger partial charge >= 0.3 is 0 Å². The topological polar surface area (TPSA) is 113 Å². The van der Waals surface area contributed by atoms with Gasteiger partial charge in [-0.2, -0.15) is 5.10 Å². The third-order valence-corrected chi connectivity index (χ3v) is 4.28. The molecule has 3 aromatic heterocycles. The summed E-state index contributed by atoms with van der Waals surface area (Å²) in [5, 5.41) is 5.37. The second-order valence-electron chi connectivity index (χ2n) is 6.13. The number of hydrogen-bond acceptors (Lipinski definition) is 5. The Bertz CT molecular complexity index is 1130. The molecule has 0 saturated heterocycles. The summed E-state index contributed by atoms with van der Waals surface area (Å²) in [6.07, 6.45) is 2.49. The second-order valence-corrected chi connectivity index (χ2v) is 6.13. The van der Waals surface area contributed by atoms with Crippen molar-refractivity contribution in [3.05, 3.63) is 72.2 Å². The van der Waals surface area contributed by atoms with Crippen molar-refractivity contribution in [2.45, 2.75) is 6.42 Å². The maximum atomic E-state index is 11.4. The average molecular weight is 358 g/mol. The van der Waals surface area contributed by atoms with Gasteiger partial charge in [0.05, 0.1) is 17.4 Å². The van der Waals surface area contributed by atoms with Crippen LogP contribution in [0.4, 0.5) is 0 Å². The van der Waals surface area contributed by atoms with Crippen LogP contribution >= 0.6 is 0 Å². The number of carbonyl (C=O) groups is 1. The van der Waals surface area contributed by atoms with E-state index in [-0.39, 0.29) is 5.69 Å². The molecular weight excluding hydrogens is 340 g/mol. The molecule has 0 aliphatic rings. The largest absolute Gasteiger partial charge is 0.364 e. The SMILES string of the molecule is NCCc1cccc(-c2ccc3cnn(-c4cccc(C(N)=O)n4)c3c2)n1. The van der Waals surface area contributed by atoms with Crippen molar-refractivity contribution >= 4 is 16.8 Å². The smallest absolute Gasteiger partial charge is 0.267 e. The van der Waals surface area contributed by atoms with Crippen LogP contribution in [0.2, 0.25) is 0 Å². The Balaban J connectivity index is 1.81. The molecule has 134 valence electrons. The highest BCUT2D eigenvalue weighted by molar-refractivity contribution is 5.91. The number of benzene rings is 1. The summed E-state index contributed by atoms with van der Waals surface area (Å²) in [5.74, 6) is -0.0433. The number of fused-ring (bicyclic) bond motifs is 1. The summed E-state index contributed by atoms with van der Waals surface area (Å²) >= 11 is 0. The minimum atomic E-state index is -0.574. The van der Waals surface area contributed by atoms with Crippen LogP contribution in [0.1, 0.15) is 16.2 Å². The van der Waals surface area contributed by atoms with Crippen LogP contribution in [0.3, 0.4) is 0 Å². The number of nitrogens with two attached hydrogens (primary N) is 2. The molecule has 1 aromatic carbocycles. The van der Waals surface area contributed by atoms with E-state index in [0.29, 0.717) is 12.4 Å². The molecule has 7 nitrogen and oxygen atoms in total. The Labute approximate surface area is 155 Å². The van der Waals surface area contributed by atoms with E-state index >= 15 is 0 Å². The molecule has 0 aliphatic heterocycles. The van der Waals surface area contributed by atoms with Gasteiger partial charge in [-0.05, 0) is 36.9 Å². The molecule has 3 heterocycles. The summed E-state index contributed by atoms with van der Waals surface area (Å²) in [6, 6.07) is 17.0. The third kappa shape index (κ3) is 3.28. The zero-order valence-corrected chi connectivity index (χ0v) is 14.5. The van der Waals surface area contributed by atoms with E-state index in [9.17, 15) is 4.79 Å². The van der Waals surface area contributed by atoms with Crippen LogP contribution in [0.5, 0.6) is 0 Å². The molecule has 27 heavy (non-hydrogen) atoms. The van der Waals surface area contributed by atoms with Crippen LogP contribution < -0.4 is 11.5 Å². The van der Waals surface area contributed by atoms with Gasteiger partial charge in [0.2, 0.25) is 0 Å². The minimum Gasteiger partial charge on any atom is -0.364 e. The monoisotopic (exact) mass is 358 g/mol. The van der Waals surface area contributed by atoms with E-state index in [0.717, 1.165) is 34.3 Å². The van der Waals surface area contributed by atoms with E-state index in [4.69, 9.17) is 11.5 Å². The number of primary amides is 1. The average Bonchev–Trinajstić information content (AvgIpc) is 3.12. The number of rotatable bonds is 5. The summed E-state index contributed by atoms with van der Waals surface area (Å²) in [4.78, 5) is 20.4. The van der Waals surface area contributed by atoms with Crippen LogP contribution in [0.15, 0.2) is 60.8 Å². The van der Waals surface area contributed by atoms with E-state index in [1.165, 1.54) is 0 Å². The highest BCUT2D eigenvalue weighted by Gasteiger charge is 2.11. The molecule has 4 N–H and O–H groups in total. The fourth-order valence-corrected chi connectivity index (χ4v) is 2.97. The van der Waals surface area contributed by atoms with Gasteiger partial charge in [0, 0.05) is 23.1 Å². The predicted molar refractivity (Wildman–Crippen MR) is 103 cm³/mol. The number of carbonyl (C=O) groups excluding carboxylic acids is 1. The molecule has 7 heteroatoms. The number of nitrogens with zero attached hydrogens (tertiary/aromatic N) is 4. The molecule has 0 bridgehead atoms. The van der Waals surface area contributed by atoms with Gasteiger partial charge in [0.1, 0.15) is 5.69 Å². The van der Waals surface area contributed by atoms with E-state index < -0.39 is 5.91 Å². The normalized spacial score (nSPS) is 11.0. The predicted octanol–water partition coefficient (Wildman–Crippen LogP) is 2.08. The first kappa shape index (κ1) is 16.9. The first-order chi connectivity index (χ1) is 13.2. The molecule has 0 spiro atoms. The first-order valence-corrected chi connectivity index (χ1v) is 8.57. The van der Waals surface area contributed by atoms with Crippen LogP contribution in [0.25, 0.3) is 28.0 Å². The molecule has 4 rings (SSSR count). The fourth-order valence-electron chi connectivity index (χ4n) is 2.97. The lowest BCUT2D eigenvalue weighted by atomic mass is 10.1. The van der Waals surface area contributed by atoms with Crippen molar-refractivity contribution in [3.63, 3.8) is 0 Å². The molecule has 0 saturated carbocycles. The summed E-state index contributed by atoms with van der Waals surface area (Å²) in [7, 11) is 0. The lowest BCUT2D eigenvalue weighted by Crippen LogP contribution is -2.14. The van der Waals surface area contributed by atoms with Crippen molar-refractivity contribution < 1.29 is 4.79 Å².